The maximum absolute atomic E-state index is 12.9. The van der Waals surface area contributed by atoms with Gasteiger partial charge in [0.25, 0.3) is 5.91 Å². The van der Waals surface area contributed by atoms with Crippen LogP contribution in [0.1, 0.15) is 25.0 Å². The Morgan fingerprint density at radius 1 is 1.21 bits per heavy atom. The van der Waals surface area contributed by atoms with Crippen LogP contribution in [0.3, 0.4) is 0 Å². The van der Waals surface area contributed by atoms with Crippen molar-refractivity contribution in [1.29, 1.82) is 0 Å². The summed E-state index contributed by atoms with van der Waals surface area (Å²) in [4.78, 5) is 15.1. The third-order valence-corrected chi connectivity index (χ3v) is 6.63. The zero-order chi connectivity index (χ0) is 24.2. The van der Waals surface area contributed by atoms with Crippen molar-refractivity contribution >= 4 is 40.3 Å². The molecule has 0 bridgehead atoms. The molecule has 1 amide bonds. The van der Waals surface area contributed by atoms with Crippen LogP contribution >= 0.6 is 24.0 Å². The quantitative estimate of drug-likeness (QED) is 0.212. The first-order valence-corrected chi connectivity index (χ1v) is 12.3. The highest BCUT2D eigenvalue weighted by molar-refractivity contribution is 8.26. The molecule has 1 aromatic heterocycles. The number of hydrogen-bond donors (Lipinski definition) is 0. The summed E-state index contributed by atoms with van der Waals surface area (Å²) < 4.78 is 8.32. The highest BCUT2D eigenvalue weighted by atomic mass is 32.2. The molecule has 2 aromatic carbocycles. The summed E-state index contributed by atoms with van der Waals surface area (Å²) in [5, 5.41) is 4.89. The third-order valence-electron chi connectivity index (χ3n) is 5.26. The number of nitrogens with zero attached hydrogens (tertiary/aromatic N) is 3. The van der Waals surface area contributed by atoms with E-state index in [1.807, 2.05) is 66.3 Å². The van der Waals surface area contributed by atoms with Gasteiger partial charge in [-0.3, -0.25) is 9.69 Å². The maximum atomic E-state index is 12.9. The van der Waals surface area contributed by atoms with Crippen molar-refractivity contribution in [2.45, 2.75) is 20.8 Å². The van der Waals surface area contributed by atoms with Gasteiger partial charge in [0.1, 0.15) is 15.8 Å². The standard InChI is InChI=1S/C27H27N3O2S2/c1-5-13-29-26(31)24(34-27(29)33)15-21-16-30(22-9-7-6-8-10-22)28-25(21)20-11-12-23(19(4)14-20)32-17-18(2)3/h5-12,14-16,18H,1,13,17H2,2-4H3/b24-15-. The molecule has 174 valence electrons. The number of thiocarbonyl (C=S) groups is 1. The van der Waals surface area contributed by atoms with E-state index in [0.717, 1.165) is 33.8 Å². The van der Waals surface area contributed by atoms with Gasteiger partial charge in [-0.25, -0.2) is 4.68 Å². The minimum absolute atomic E-state index is 0.109. The molecule has 1 aliphatic rings. The van der Waals surface area contributed by atoms with Crippen molar-refractivity contribution < 1.29 is 9.53 Å². The van der Waals surface area contributed by atoms with Crippen LogP contribution in [0.4, 0.5) is 0 Å². The molecule has 0 unspecified atom stereocenters. The van der Waals surface area contributed by atoms with Crippen LogP contribution < -0.4 is 4.74 Å². The van der Waals surface area contributed by atoms with Gasteiger partial charge in [0.15, 0.2) is 0 Å². The van der Waals surface area contributed by atoms with Crippen molar-refractivity contribution in [1.82, 2.24) is 14.7 Å². The number of aromatic nitrogens is 2. The number of amides is 1. The summed E-state index contributed by atoms with van der Waals surface area (Å²) >= 11 is 6.71. The number of thioether (sulfide) groups is 1. The lowest BCUT2D eigenvalue weighted by Gasteiger charge is -2.12. The Bertz CT molecular complexity index is 1260. The molecule has 7 heteroatoms. The fraction of sp³-hybridized carbons (Fsp3) is 0.222. The zero-order valence-electron chi connectivity index (χ0n) is 19.5. The summed E-state index contributed by atoms with van der Waals surface area (Å²) in [5.74, 6) is 1.21. The van der Waals surface area contributed by atoms with Gasteiger partial charge in [-0.15, -0.1) is 6.58 Å². The molecule has 0 N–H and O–H groups in total. The summed E-state index contributed by atoms with van der Waals surface area (Å²) in [7, 11) is 0. The van der Waals surface area contributed by atoms with E-state index < -0.39 is 0 Å². The number of carbonyl (C=O) groups is 1. The van der Waals surface area contributed by atoms with E-state index in [4.69, 9.17) is 22.1 Å². The summed E-state index contributed by atoms with van der Waals surface area (Å²) in [5.41, 5.74) is 4.57. The summed E-state index contributed by atoms with van der Waals surface area (Å²) in [6, 6.07) is 16.0. The Kier molecular flexibility index (Phi) is 7.34. The van der Waals surface area contributed by atoms with Gasteiger partial charge in [-0.05, 0) is 54.8 Å². The van der Waals surface area contributed by atoms with E-state index in [0.29, 0.717) is 28.3 Å². The fourth-order valence-corrected chi connectivity index (χ4v) is 4.84. The van der Waals surface area contributed by atoms with E-state index in [1.54, 1.807) is 11.0 Å². The van der Waals surface area contributed by atoms with Gasteiger partial charge in [0.05, 0.1) is 17.2 Å². The normalized spacial score (nSPS) is 14.9. The molecule has 4 rings (SSSR count). The van der Waals surface area contributed by atoms with Crippen molar-refractivity contribution in [3.63, 3.8) is 0 Å². The molecule has 1 fully saturated rings. The summed E-state index contributed by atoms with van der Waals surface area (Å²) in [6.45, 7) is 11.1. The van der Waals surface area contributed by atoms with Gasteiger partial charge in [-0.1, -0.05) is 62.1 Å². The van der Waals surface area contributed by atoms with Gasteiger partial charge < -0.3 is 4.74 Å². The second kappa shape index (κ2) is 10.4. The third kappa shape index (κ3) is 5.16. The topological polar surface area (TPSA) is 47.4 Å². The van der Waals surface area contributed by atoms with Crippen LogP contribution in [0.15, 0.2) is 72.3 Å². The van der Waals surface area contributed by atoms with E-state index in [2.05, 4.69) is 26.5 Å². The minimum atomic E-state index is -0.109. The van der Waals surface area contributed by atoms with Crippen LogP contribution in [-0.4, -0.2) is 38.1 Å². The first-order valence-electron chi connectivity index (χ1n) is 11.1. The molecule has 5 nitrogen and oxygen atoms in total. The predicted octanol–water partition coefficient (Wildman–Crippen LogP) is 6.27. The largest absolute Gasteiger partial charge is 0.493 e. The average molecular weight is 490 g/mol. The number of benzene rings is 2. The van der Waals surface area contributed by atoms with Gasteiger partial charge >= 0.3 is 0 Å². The van der Waals surface area contributed by atoms with Crippen LogP contribution in [0.25, 0.3) is 23.0 Å². The van der Waals surface area contributed by atoms with Crippen LogP contribution in [-0.2, 0) is 4.79 Å². The second-order valence-corrected chi connectivity index (χ2v) is 10.2. The molecule has 0 aliphatic carbocycles. The molecule has 34 heavy (non-hydrogen) atoms. The van der Waals surface area contributed by atoms with Crippen LogP contribution in [0.5, 0.6) is 5.75 Å². The molecule has 0 saturated carbocycles. The molecular formula is C27H27N3O2S2. The number of para-hydroxylation sites is 1. The van der Waals surface area contributed by atoms with E-state index >= 15 is 0 Å². The first-order chi connectivity index (χ1) is 16.4. The van der Waals surface area contributed by atoms with Gasteiger partial charge in [0.2, 0.25) is 0 Å². The van der Waals surface area contributed by atoms with Gasteiger partial charge in [0, 0.05) is 23.9 Å². The molecule has 0 atom stereocenters. The monoisotopic (exact) mass is 489 g/mol. The second-order valence-electron chi connectivity index (χ2n) is 8.48. The molecule has 1 saturated heterocycles. The average Bonchev–Trinajstić information content (AvgIpc) is 3.35. The summed E-state index contributed by atoms with van der Waals surface area (Å²) in [6.07, 6.45) is 5.50. The fourth-order valence-electron chi connectivity index (χ4n) is 3.57. The van der Waals surface area contributed by atoms with Crippen molar-refractivity contribution in [3.05, 3.63) is 83.4 Å². The Labute approximate surface area is 210 Å². The number of carbonyl (C=O) groups excluding carboxylic acids is 1. The molecule has 0 spiro atoms. The van der Waals surface area contributed by atoms with Crippen LogP contribution in [0, 0.1) is 12.8 Å². The number of ether oxygens (including phenoxy) is 1. The van der Waals surface area contributed by atoms with E-state index in [1.165, 1.54) is 11.8 Å². The Hall–Kier alpha value is -3.16. The predicted molar refractivity (Wildman–Crippen MR) is 144 cm³/mol. The maximum Gasteiger partial charge on any atom is 0.266 e. The van der Waals surface area contributed by atoms with E-state index in [-0.39, 0.29) is 5.91 Å². The smallest absolute Gasteiger partial charge is 0.266 e. The van der Waals surface area contributed by atoms with E-state index in [9.17, 15) is 4.79 Å². The Balaban J connectivity index is 1.76. The number of hydrogen-bond acceptors (Lipinski definition) is 5. The molecule has 3 aromatic rings. The number of aryl methyl sites for hydroxylation is 1. The molecular weight excluding hydrogens is 462 g/mol. The minimum Gasteiger partial charge on any atom is -0.493 e. The van der Waals surface area contributed by atoms with Crippen molar-refractivity contribution in [3.8, 4) is 22.7 Å². The molecule has 1 aliphatic heterocycles. The van der Waals surface area contributed by atoms with Crippen molar-refractivity contribution in [2.24, 2.45) is 5.92 Å². The Morgan fingerprint density at radius 2 is 1.97 bits per heavy atom. The van der Waals surface area contributed by atoms with Gasteiger partial charge in [-0.2, -0.15) is 5.10 Å². The zero-order valence-corrected chi connectivity index (χ0v) is 21.2. The molecule has 0 radical (unpaired) electrons. The lowest BCUT2D eigenvalue weighted by molar-refractivity contribution is -0.121. The molecule has 2 heterocycles. The lowest BCUT2D eigenvalue weighted by Crippen LogP contribution is -2.27. The highest BCUT2D eigenvalue weighted by Crippen LogP contribution is 2.35. The lowest BCUT2D eigenvalue weighted by atomic mass is 10.0. The SMILES string of the molecule is C=CCN1C(=O)/C(=C/c2cn(-c3ccccc3)nc2-c2ccc(OCC(C)C)c(C)c2)SC1=S. The first kappa shape index (κ1) is 24.0. The number of rotatable bonds is 8. The van der Waals surface area contributed by atoms with Crippen LogP contribution in [0.2, 0.25) is 0 Å². The van der Waals surface area contributed by atoms with Crippen molar-refractivity contribution in [2.75, 3.05) is 13.2 Å². The highest BCUT2D eigenvalue weighted by Gasteiger charge is 2.31. The Morgan fingerprint density at radius 3 is 2.65 bits per heavy atom.